The van der Waals surface area contributed by atoms with Crippen LogP contribution in [0.3, 0.4) is 0 Å². The predicted octanol–water partition coefficient (Wildman–Crippen LogP) is 1.78. The Morgan fingerprint density at radius 1 is 1.04 bits per heavy atom. The van der Waals surface area contributed by atoms with E-state index in [4.69, 9.17) is 0 Å². The van der Waals surface area contributed by atoms with Crippen molar-refractivity contribution in [1.29, 1.82) is 0 Å². The summed E-state index contributed by atoms with van der Waals surface area (Å²) in [7, 11) is -1.34. The second kappa shape index (κ2) is 7.19. The number of pyridine rings is 1. The number of sulfonamides is 1. The van der Waals surface area contributed by atoms with E-state index >= 15 is 0 Å². The highest BCUT2D eigenvalue weighted by atomic mass is 32.2. The zero-order valence-electron chi connectivity index (χ0n) is 13.7. The molecule has 2 aromatic rings. The molecule has 7 heteroatoms. The van der Waals surface area contributed by atoms with E-state index in [0.29, 0.717) is 5.69 Å². The minimum absolute atomic E-state index is 0.0476. The first-order valence-corrected chi connectivity index (χ1v) is 9.61. The maximum absolute atomic E-state index is 12.2. The Balaban J connectivity index is 1.63. The number of piperazine rings is 1. The Kier molecular flexibility index (Phi) is 5.01. The lowest BCUT2D eigenvalue weighted by atomic mass is 10.2. The Bertz CT molecular complexity index is 755. The molecule has 0 spiro atoms. The summed E-state index contributed by atoms with van der Waals surface area (Å²) in [4.78, 5) is 8.89. The average molecular weight is 346 g/mol. The molecule has 0 aliphatic carbocycles. The third kappa shape index (κ3) is 4.46. The van der Waals surface area contributed by atoms with E-state index in [-0.39, 0.29) is 5.75 Å². The van der Waals surface area contributed by atoms with E-state index in [2.05, 4.69) is 26.6 Å². The lowest BCUT2D eigenvalue weighted by Crippen LogP contribution is -2.44. The van der Waals surface area contributed by atoms with Gasteiger partial charge in [-0.15, -0.1) is 0 Å². The summed E-state index contributed by atoms with van der Waals surface area (Å²) >= 11 is 0. The highest BCUT2D eigenvalue weighted by Gasteiger charge is 2.16. The van der Waals surface area contributed by atoms with E-state index in [1.165, 1.54) is 0 Å². The molecule has 1 saturated heterocycles. The summed E-state index contributed by atoms with van der Waals surface area (Å²) in [6, 6.07) is 12.8. The van der Waals surface area contributed by atoms with E-state index in [9.17, 15) is 8.42 Å². The van der Waals surface area contributed by atoms with Crippen molar-refractivity contribution in [2.75, 3.05) is 42.8 Å². The number of anilines is 2. The molecule has 128 valence electrons. The smallest absolute Gasteiger partial charge is 0.236 e. The third-order valence-electron chi connectivity index (χ3n) is 4.05. The van der Waals surface area contributed by atoms with Crippen molar-refractivity contribution >= 4 is 21.5 Å². The Morgan fingerprint density at radius 3 is 2.38 bits per heavy atom. The molecule has 2 heterocycles. The lowest BCUT2D eigenvalue weighted by molar-refractivity contribution is 0.312. The van der Waals surface area contributed by atoms with Crippen LogP contribution >= 0.6 is 0 Å². The average Bonchev–Trinajstić information content (AvgIpc) is 2.56. The van der Waals surface area contributed by atoms with Crippen LogP contribution in [0.1, 0.15) is 5.56 Å². The minimum Gasteiger partial charge on any atom is -0.354 e. The molecular formula is C17H22N4O2S. The molecule has 0 amide bonds. The lowest BCUT2D eigenvalue weighted by Gasteiger charge is -2.33. The molecule has 0 unspecified atom stereocenters. The van der Waals surface area contributed by atoms with Gasteiger partial charge >= 0.3 is 0 Å². The highest BCUT2D eigenvalue weighted by molar-refractivity contribution is 7.91. The first-order chi connectivity index (χ1) is 11.5. The standard InChI is InChI=1S/C17H22N4O2S/c1-20-9-11-21(12-10-20)17-8-7-16(13-18-17)19-24(22,23)14-15-5-3-2-4-6-15/h2-8,13,19H,9-12,14H2,1H3. The van der Waals surface area contributed by atoms with Crippen molar-refractivity contribution in [3.63, 3.8) is 0 Å². The summed E-state index contributed by atoms with van der Waals surface area (Å²) < 4.78 is 27.1. The van der Waals surface area contributed by atoms with Crippen LogP contribution in [0.4, 0.5) is 11.5 Å². The number of rotatable bonds is 5. The second-order valence-corrected chi connectivity index (χ2v) is 7.76. The van der Waals surface area contributed by atoms with E-state index in [0.717, 1.165) is 37.6 Å². The summed E-state index contributed by atoms with van der Waals surface area (Å²) in [5.74, 6) is 0.836. The topological polar surface area (TPSA) is 65.5 Å². The Morgan fingerprint density at radius 2 is 1.75 bits per heavy atom. The van der Waals surface area contributed by atoms with Crippen LogP contribution in [0.2, 0.25) is 0 Å². The van der Waals surface area contributed by atoms with Crippen LogP contribution in [0.5, 0.6) is 0 Å². The fourth-order valence-electron chi connectivity index (χ4n) is 2.68. The van der Waals surface area contributed by atoms with Crippen molar-refractivity contribution < 1.29 is 8.42 Å². The molecule has 1 aliphatic rings. The van der Waals surface area contributed by atoms with Crippen molar-refractivity contribution in [3.05, 3.63) is 54.2 Å². The number of nitrogens with one attached hydrogen (secondary N) is 1. The molecule has 3 rings (SSSR count). The number of benzene rings is 1. The summed E-state index contributed by atoms with van der Waals surface area (Å²) in [5, 5.41) is 0. The molecular weight excluding hydrogens is 324 g/mol. The largest absolute Gasteiger partial charge is 0.354 e. The normalized spacial score (nSPS) is 16.1. The Labute approximate surface area is 143 Å². The zero-order chi connectivity index (χ0) is 17.0. The molecule has 24 heavy (non-hydrogen) atoms. The summed E-state index contributed by atoms with van der Waals surface area (Å²) in [5.41, 5.74) is 1.25. The predicted molar refractivity (Wildman–Crippen MR) is 96.6 cm³/mol. The van der Waals surface area contributed by atoms with E-state index < -0.39 is 10.0 Å². The molecule has 0 atom stereocenters. The van der Waals surface area contributed by atoms with Crippen LogP contribution in [-0.4, -0.2) is 51.5 Å². The van der Waals surface area contributed by atoms with Gasteiger partial charge in [0.2, 0.25) is 10.0 Å². The Hall–Kier alpha value is -2.12. The molecule has 0 radical (unpaired) electrons. The highest BCUT2D eigenvalue weighted by Crippen LogP contribution is 2.17. The minimum atomic E-state index is -3.44. The fourth-order valence-corrected chi connectivity index (χ4v) is 3.86. The number of aromatic nitrogens is 1. The monoisotopic (exact) mass is 346 g/mol. The maximum Gasteiger partial charge on any atom is 0.236 e. The van der Waals surface area contributed by atoms with Gasteiger partial charge in [-0.3, -0.25) is 4.72 Å². The van der Waals surface area contributed by atoms with Crippen molar-refractivity contribution in [3.8, 4) is 0 Å². The zero-order valence-corrected chi connectivity index (χ0v) is 14.5. The van der Waals surface area contributed by atoms with Crippen LogP contribution in [0.25, 0.3) is 0 Å². The van der Waals surface area contributed by atoms with Crippen LogP contribution in [0.15, 0.2) is 48.7 Å². The van der Waals surface area contributed by atoms with Gasteiger partial charge in [0, 0.05) is 26.2 Å². The van der Waals surface area contributed by atoms with Gasteiger partial charge in [-0.2, -0.15) is 0 Å². The number of likely N-dealkylation sites (N-methyl/N-ethyl adjacent to an activating group) is 1. The van der Waals surface area contributed by atoms with Gasteiger partial charge in [0.15, 0.2) is 0 Å². The van der Waals surface area contributed by atoms with Crippen molar-refractivity contribution in [2.45, 2.75) is 5.75 Å². The molecule has 1 aliphatic heterocycles. The van der Waals surface area contributed by atoms with E-state index in [1.54, 1.807) is 24.4 Å². The quantitative estimate of drug-likeness (QED) is 0.894. The van der Waals surface area contributed by atoms with Crippen LogP contribution in [0, 0.1) is 0 Å². The third-order valence-corrected chi connectivity index (χ3v) is 5.31. The van der Waals surface area contributed by atoms with Crippen molar-refractivity contribution in [1.82, 2.24) is 9.88 Å². The molecule has 0 saturated carbocycles. The van der Waals surface area contributed by atoms with Gasteiger partial charge in [0.25, 0.3) is 0 Å². The first-order valence-electron chi connectivity index (χ1n) is 7.96. The molecule has 0 bridgehead atoms. The van der Waals surface area contributed by atoms with Crippen molar-refractivity contribution in [2.24, 2.45) is 0 Å². The van der Waals surface area contributed by atoms with Gasteiger partial charge in [0.05, 0.1) is 17.6 Å². The van der Waals surface area contributed by atoms with E-state index in [1.807, 2.05) is 24.3 Å². The van der Waals surface area contributed by atoms with Gasteiger partial charge in [-0.25, -0.2) is 13.4 Å². The van der Waals surface area contributed by atoms with Gasteiger partial charge in [-0.05, 0) is 24.7 Å². The van der Waals surface area contributed by atoms with Gasteiger partial charge in [0.1, 0.15) is 5.82 Å². The summed E-state index contributed by atoms with van der Waals surface area (Å²) in [6.07, 6.45) is 1.58. The molecule has 1 aromatic heterocycles. The fraction of sp³-hybridized carbons (Fsp3) is 0.353. The summed E-state index contributed by atoms with van der Waals surface area (Å²) in [6.45, 7) is 3.88. The SMILES string of the molecule is CN1CCN(c2ccc(NS(=O)(=O)Cc3ccccc3)cn2)CC1. The van der Waals surface area contributed by atoms with Gasteiger partial charge in [-0.1, -0.05) is 30.3 Å². The number of hydrogen-bond acceptors (Lipinski definition) is 5. The molecule has 1 N–H and O–H groups in total. The first kappa shape index (κ1) is 16.7. The maximum atomic E-state index is 12.2. The van der Waals surface area contributed by atoms with Crippen LogP contribution in [-0.2, 0) is 15.8 Å². The molecule has 6 nitrogen and oxygen atoms in total. The number of nitrogens with zero attached hydrogens (tertiary/aromatic N) is 3. The second-order valence-electron chi connectivity index (χ2n) is 6.04. The molecule has 1 aromatic carbocycles. The number of hydrogen-bond donors (Lipinski definition) is 1. The van der Waals surface area contributed by atoms with Gasteiger partial charge < -0.3 is 9.80 Å². The molecule has 1 fully saturated rings. The van der Waals surface area contributed by atoms with Crippen LogP contribution < -0.4 is 9.62 Å².